The maximum atomic E-state index is 12.7. The first-order valence-corrected chi connectivity index (χ1v) is 10.3. The second-order valence-corrected chi connectivity index (χ2v) is 7.64. The van der Waals surface area contributed by atoms with Gasteiger partial charge in [0, 0.05) is 24.2 Å². The van der Waals surface area contributed by atoms with Crippen LogP contribution in [0.1, 0.15) is 24.5 Å². The number of methoxy groups -OCH3 is 2. The summed E-state index contributed by atoms with van der Waals surface area (Å²) in [5, 5.41) is 3.40. The van der Waals surface area contributed by atoms with Crippen molar-refractivity contribution in [3.8, 4) is 22.8 Å². The minimum absolute atomic E-state index is 0.189. The van der Waals surface area contributed by atoms with Gasteiger partial charge in [-0.25, -0.2) is 4.79 Å². The highest BCUT2D eigenvalue weighted by Gasteiger charge is 2.22. The Kier molecular flexibility index (Phi) is 5.74. The molecule has 0 saturated heterocycles. The molecule has 0 saturated carbocycles. The van der Waals surface area contributed by atoms with Crippen LogP contribution >= 0.6 is 0 Å². The number of anilines is 1. The Morgan fingerprint density at radius 2 is 1.83 bits per heavy atom. The molecule has 2 aromatic carbocycles. The van der Waals surface area contributed by atoms with E-state index in [1.807, 2.05) is 24.3 Å². The number of ether oxygens (including phenoxy) is 2. The Bertz CT molecular complexity index is 1090. The number of fused-ring (bicyclic) bond motifs is 3. The Morgan fingerprint density at radius 3 is 2.57 bits per heavy atom. The van der Waals surface area contributed by atoms with Crippen LogP contribution in [0.3, 0.4) is 0 Å². The highest BCUT2D eigenvalue weighted by Crippen LogP contribution is 2.38. The first kappa shape index (κ1) is 20.0. The maximum absolute atomic E-state index is 12.7. The monoisotopic (exact) mass is 405 g/mol. The molecule has 3 aromatic rings. The van der Waals surface area contributed by atoms with E-state index in [0.29, 0.717) is 23.9 Å². The molecule has 1 aliphatic rings. The summed E-state index contributed by atoms with van der Waals surface area (Å²) >= 11 is 0. The van der Waals surface area contributed by atoms with E-state index >= 15 is 0 Å². The van der Waals surface area contributed by atoms with E-state index in [2.05, 4.69) is 41.5 Å². The van der Waals surface area contributed by atoms with Gasteiger partial charge in [0.2, 0.25) is 0 Å². The van der Waals surface area contributed by atoms with Gasteiger partial charge in [0.25, 0.3) is 0 Å². The molecule has 0 fully saturated rings. The van der Waals surface area contributed by atoms with Crippen LogP contribution in [0.25, 0.3) is 11.3 Å². The second kappa shape index (κ2) is 8.61. The zero-order valence-corrected chi connectivity index (χ0v) is 17.6. The first-order valence-electron chi connectivity index (χ1n) is 10.3. The van der Waals surface area contributed by atoms with Gasteiger partial charge >= 0.3 is 5.69 Å². The summed E-state index contributed by atoms with van der Waals surface area (Å²) in [6, 6.07) is 16.5. The van der Waals surface area contributed by atoms with E-state index in [0.717, 1.165) is 36.1 Å². The fraction of sp³-hybridized carbons (Fsp3) is 0.333. The van der Waals surface area contributed by atoms with Gasteiger partial charge in [-0.2, -0.15) is 4.98 Å². The summed E-state index contributed by atoms with van der Waals surface area (Å²) in [4.78, 5) is 17.0. The molecule has 4 rings (SSSR count). The molecule has 30 heavy (non-hydrogen) atoms. The molecule has 2 heterocycles. The minimum atomic E-state index is -0.231. The first-order chi connectivity index (χ1) is 14.6. The summed E-state index contributed by atoms with van der Waals surface area (Å²) in [6.07, 6.45) is 2.68. The van der Waals surface area contributed by atoms with Crippen LogP contribution in [-0.2, 0) is 19.4 Å². The lowest BCUT2D eigenvalue weighted by Gasteiger charge is -2.24. The lowest BCUT2D eigenvalue weighted by molar-refractivity contribution is 0.354. The predicted octanol–water partition coefficient (Wildman–Crippen LogP) is 3.92. The van der Waals surface area contributed by atoms with Crippen molar-refractivity contribution < 1.29 is 9.47 Å². The number of aryl methyl sites for hydroxylation is 2. The van der Waals surface area contributed by atoms with Gasteiger partial charge in [-0.3, -0.25) is 4.57 Å². The van der Waals surface area contributed by atoms with E-state index in [9.17, 15) is 4.79 Å². The molecule has 6 heteroatoms. The molecule has 0 bridgehead atoms. The van der Waals surface area contributed by atoms with E-state index < -0.39 is 0 Å². The predicted molar refractivity (Wildman–Crippen MR) is 119 cm³/mol. The normalized spacial score (nSPS) is 13.2. The number of nitrogens with one attached hydrogen (secondary N) is 1. The van der Waals surface area contributed by atoms with Crippen LogP contribution in [0.5, 0.6) is 11.5 Å². The van der Waals surface area contributed by atoms with Crippen molar-refractivity contribution in [2.75, 3.05) is 19.5 Å². The topological polar surface area (TPSA) is 65.4 Å². The van der Waals surface area contributed by atoms with Crippen molar-refractivity contribution >= 4 is 5.82 Å². The molecule has 0 aliphatic carbocycles. The van der Waals surface area contributed by atoms with Crippen molar-refractivity contribution in [1.82, 2.24) is 9.55 Å². The van der Waals surface area contributed by atoms with E-state index in [1.54, 1.807) is 18.8 Å². The van der Waals surface area contributed by atoms with Crippen molar-refractivity contribution in [2.45, 2.75) is 38.8 Å². The number of hydrogen-bond acceptors (Lipinski definition) is 5. The second-order valence-electron chi connectivity index (χ2n) is 7.64. The molecule has 1 aromatic heterocycles. The van der Waals surface area contributed by atoms with Crippen molar-refractivity contribution in [2.24, 2.45) is 0 Å². The minimum Gasteiger partial charge on any atom is -0.493 e. The average Bonchev–Trinajstić information content (AvgIpc) is 2.77. The molecular formula is C24H27N3O3. The maximum Gasteiger partial charge on any atom is 0.349 e. The molecule has 6 nitrogen and oxygen atoms in total. The van der Waals surface area contributed by atoms with Crippen LogP contribution in [0.2, 0.25) is 0 Å². The summed E-state index contributed by atoms with van der Waals surface area (Å²) in [6.45, 7) is 2.72. The molecule has 0 amide bonds. The van der Waals surface area contributed by atoms with Crippen LogP contribution in [0.15, 0.2) is 53.3 Å². The highest BCUT2D eigenvalue weighted by atomic mass is 16.5. The van der Waals surface area contributed by atoms with E-state index in [1.165, 1.54) is 5.56 Å². The van der Waals surface area contributed by atoms with Crippen LogP contribution in [0.4, 0.5) is 5.82 Å². The lowest BCUT2D eigenvalue weighted by atomic mass is 9.97. The Balaban J connectivity index is 1.60. The number of hydrogen-bond donors (Lipinski definition) is 1. The molecule has 0 unspecified atom stereocenters. The molecule has 156 valence electrons. The van der Waals surface area contributed by atoms with Gasteiger partial charge < -0.3 is 14.8 Å². The van der Waals surface area contributed by atoms with Gasteiger partial charge in [-0.05, 0) is 49.4 Å². The van der Waals surface area contributed by atoms with Crippen molar-refractivity contribution in [3.05, 3.63) is 70.1 Å². The number of benzene rings is 2. The Labute approximate surface area is 176 Å². The van der Waals surface area contributed by atoms with Crippen molar-refractivity contribution in [1.29, 1.82) is 0 Å². The van der Waals surface area contributed by atoms with Crippen LogP contribution < -0.4 is 20.5 Å². The van der Waals surface area contributed by atoms with Crippen molar-refractivity contribution in [3.63, 3.8) is 0 Å². The quantitative estimate of drug-likeness (QED) is 0.645. The van der Waals surface area contributed by atoms with Gasteiger partial charge in [-0.1, -0.05) is 30.3 Å². The zero-order chi connectivity index (χ0) is 21.1. The van der Waals surface area contributed by atoms with Crippen LogP contribution in [-0.4, -0.2) is 29.8 Å². The third-order valence-electron chi connectivity index (χ3n) is 5.60. The Hall–Kier alpha value is -3.28. The summed E-state index contributed by atoms with van der Waals surface area (Å²) < 4.78 is 12.6. The smallest absolute Gasteiger partial charge is 0.349 e. The SMILES string of the molecule is COc1cc2c(cc1OC)-c1cc(N[C@H](C)CCc3ccccc3)nc(=O)n1CC2. The molecular weight excluding hydrogens is 378 g/mol. The third-order valence-corrected chi connectivity index (χ3v) is 5.60. The van der Waals surface area contributed by atoms with E-state index in [-0.39, 0.29) is 11.7 Å². The van der Waals surface area contributed by atoms with Gasteiger partial charge in [0.05, 0.1) is 19.9 Å². The summed E-state index contributed by atoms with van der Waals surface area (Å²) in [5.74, 6) is 1.96. The third kappa shape index (κ3) is 4.03. The molecule has 0 radical (unpaired) electrons. The summed E-state index contributed by atoms with van der Waals surface area (Å²) in [5.41, 5.74) is 4.06. The lowest BCUT2D eigenvalue weighted by Crippen LogP contribution is -2.30. The van der Waals surface area contributed by atoms with Crippen LogP contribution in [0, 0.1) is 0 Å². The standard InChI is InChI=1S/C24H27N3O3/c1-16(9-10-17-7-5-4-6-8-17)25-23-15-20-19-14-22(30-3)21(29-2)13-18(19)11-12-27(20)24(28)26-23/h4-8,13-16H,9-12H2,1-3H3,(H,25,26,28)/t16-/m1/s1. The fourth-order valence-corrected chi connectivity index (χ4v) is 3.97. The zero-order valence-electron chi connectivity index (χ0n) is 17.6. The fourth-order valence-electron chi connectivity index (χ4n) is 3.97. The van der Waals surface area contributed by atoms with Gasteiger partial charge in [-0.15, -0.1) is 0 Å². The largest absolute Gasteiger partial charge is 0.493 e. The van der Waals surface area contributed by atoms with Gasteiger partial charge in [0.15, 0.2) is 11.5 Å². The number of rotatable bonds is 7. The Morgan fingerprint density at radius 1 is 1.10 bits per heavy atom. The van der Waals surface area contributed by atoms with E-state index in [4.69, 9.17) is 9.47 Å². The molecule has 1 N–H and O–H groups in total. The number of aromatic nitrogens is 2. The average molecular weight is 405 g/mol. The molecule has 1 atom stereocenters. The molecule has 1 aliphatic heterocycles. The highest BCUT2D eigenvalue weighted by molar-refractivity contribution is 5.71. The van der Waals surface area contributed by atoms with Gasteiger partial charge in [0.1, 0.15) is 5.82 Å². The number of nitrogens with zero attached hydrogens (tertiary/aromatic N) is 2. The molecule has 0 spiro atoms. The summed E-state index contributed by atoms with van der Waals surface area (Å²) in [7, 11) is 3.25.